The van der Waals surface area contributed by atoms with Crippen molar-refractivity contribution < 1.29 is 29.3 Å². The number of oxime groups is 1. The number of aliphatic hydroxyl groups excluding tert-OH is 2. The number of hydrogen-bond donors (Lipinski definition) is 2. The number of unbranched alkanes of at least 4 members (excludes halogenated alkanes) is 15. The lowest BCUT2D eigenvalue weighted by atomic mass is 9.56. The second-order valence-corrected chi connectivity index (χ2v) is 19.0. The standard InChI is InChI=1S/C52H80N2O6S/c1-5-8-9-10-11-12-13-14-15-16-17-18-19-24-35-61-49-38-47(54-59-7-3)45-36-41(27-20-22-32-55)44(29-21-23-33-56)50-46-37-43(57-39-42-28-25-26-40(4)53-42)30-31-48(46)60-52(49,51(45)50)58-34-6-2/h6,25-26,28,30-31,36-37,41,44,49-51,55-56H,2,5,7-24,27,29,32-35,38-39H2,1,3-4H3/t41-,44+,49-,50+,51+,52+/m0/s1. The molecule has 2 aliphatic carbocycles. The fourth-order valence-corrected chi connectivity index (χ4v) is 11.5. The molecule has 61 heavy (non-hydrogen) atoms. The molecule has 3 aliphatic rings. The molecule has 0 amide bonds. The highest BCUT2D eigenvalue weighted by atomic mass is 32.2. The number of fused-ring (bicyclic) bond motifs is 2. The molecule has 1 aromatic carbocycles. The van der Waals surface area contributed by atoms with E-state index in [0.717, 1.165) is 84.9 Å². The minimum atomic E-state index is -0.942. The van der Waals surface area contributed by atoms with Gasteiger partial charge in [-0.1, -0.05) is 127 Å². The van der Waals surface area contributed by atoms with Crippen molar-refractivity contribution in [1.82, 2.24) is 4.98 Å². The van der Waals surface area contributed by atoms with E-state index in [0.29, 0.717) is 26.2 Å². The molecule has 0 bridgehead atoms. The average Bonchev–Trinajstić information content (AvgIpc) is 3.27. The van der Waals surface area contributed by atoms with E-state index in [9.17, 15) is 10.2 Å². The SMILES string of the molecule is C=CCO[C@@]12Oc3ccc(OCc4cccc(C)n4)cc3[C@H]3[C@H](CCCCO)[C@@H](CCCCO)C=C(C(=NOCC)C[C@@H]1SCCCCCCCCCCCCCCCC)[C@H]32. The second-order valence-electron chi connectivity index (χ2n) is 17.7. The van der Waals surface area contributed by atoms with Crippen molar-refractivity contribution in [2.75, 3.05) is 32.2 Å². The molecule has 1 aliphatic heterocycles. The molecule has 1 aromatic heterocycles. The maximum Gasteiger partial charge on any atom is 0.230 e. The van der Waals surface area contributed by atoms with Gasteiger partial charge in [0.15, 0.2) is 0 Å². The number of aryl methyl sites for hydroxylation is 1. The Hall–Kier alpha value is -2.85. The highest BCUT2D eigenvalue weighted by Gasteiger charge is 2.64. The molecule has 8 nitrogen and oxygen atoms in total. The molecule has 6 atom stereocenters. The van der Waals surface area contributed by atoms with Crippen molar-refractivity contribution in [3.63, 3.8) is 0 Å². The Morgan fingerprint density at radius 2 is 1.56 bits per heavy atom. The smallest absolute Gasteiger partial charge is 0.230 e. The van der Waals surface area contributed by atoms with Crippen LogP contribution in [0.1, 0.15) is 172 Å². The lowest BCUT2D eigenvalue weighted by Crippen LogP contribution is -2.64. The summed E-state index contributed by atoms with van der Waals surface area (Å²) in [6.07, 6.45) is 29.2. The number of hydrogen-bond acceptors (Lipinski definition) is 9. The quantitative estimate of drug-likeness (QED) is 0.0426. The van der Waals surface area contributed by atoms with Crippen LogP contribution >= 0.6 is 11.8 Å². The molecule has 340 valence electrons. The molecule has 2 heterocycles. The van der Waals surface area contributed by atoms with Crippen LogP contribution in [-0.2, 0) is 16.2 Å². The van der Waals surface area contributed by atoms with Crippen LogP contribution in [0.3, 0.4) is 0 Å². The predicted octanol–water partition coefficient (Wildman–Crippen LogP) is 12.8. The number of benzene rings is 1. The van der Waals surface area contributed by atoms with Crippen molar-refractivity contribution in [3.8, 4) is 11.5 Å². The van der Waals surface area contributed by atoms with E-state index in [-0.39, 0.29) is 42.1 Å². The van der Waals surface area contributed by atoms with Crippen LogP contribution in [0.4, 0.5) is 0 Å². The van der Waals surface area contributed by atoms with Gasteiger partial charge >= 0.3 is 0 Å². The van der Waals surface area contributed by atoms with Crippen molar-refractivity contribution in [3.05, 3.63) is 77.7 Å². The predicted molar refractivity (Wildman–Crippen MR) is 253 cm³/mol. The average molecular weight is 861 g/mol. The molecular formula is C52H80N2O6S. The van der Waals surface area contributed by atoms with Gasteiger partial charge in [0, 0.05) is 36.8 Å². The second kappa shape index (κ2) is 27.4. The molecule has 0 unspecified atom stereocenters. The van der Waals surface area contributed by atoms with E-state index in [4.69, 9.17) is 24.2 Å². The van der Waals surface area contributed by atoms with Gasteiger partial charge < -0.3 is 29.3 Å². The Balaban J connectivity index is 1.39. The third-order valence-corrected chi connectivity index (χ3v) is 14.5. The Bertz CT molecular complexity index is 1630. The van der Waals surface area contributed by atoms with E-state index < -0.39 is 5.79 Å². The van der Waals surface area contributed by atoms with Gasteiger partial charge in [-0.05, 0) is 99.4 Å². The number of aliphatic hydroxyl groups is 2. The first-order valence-electron chi connectivity index (χ1n) is 24.4. The molecule has 5 rings (SSSR count). The minimum absolute atomic E-state index is 0.0150. The van der Waals surface area contributed by atoms with Gasteiger partial charge in [0.05, 0.1) is 29.2 Å². The molecule has 0 radical (unpaired) electrons. The number of pyridine rings is 1. The minimum Gasteiger partial charge on any atom is -0.487 e. The highest BCUT2D eigenvalue weighted by molar-refractivity contribution is 8.00. The third kappa shape index (κ3) is 14.3. The summed E-state index contributed by atoms with van der Waals surface area (Å²) in [5, 5.41) is 24.6. The summed E-state index contributed by atoms with van der Waals surface area (Å²) in [6.45, 7) is 12.0. The van der Waals surface area contributed by atoms with Crippen LogP contribution in [0.15, 0.2) is 65.9 Å². The van der Waals surface area contributed by atoms with Gasteiger partial charge in [0.1, 0.15) is 24.7 Å². The number of ether oxygens (including phenoxy) is 3. The molecule has 1 saturated carbocycles. The fraction of sp³-hybridized carbons (Fsp3) is 0.692. The molecule has 2 aromatic rings. The maximum absolute atomic E-state index is 9.94. The summed E-state index contributed by atoms with van der Waals surface area (Å²) in [7, 11) is 0. The topological polar surface area (TPSA) is 103 Å². The van der Waals surface area contributed by atoms with Gasteiger partial charge in [-0.25, -0.2) is 0 Å². The van der Waals surface area contributed by atoms with Crippen molar-refractivity contribution >= 4 is 17.5 Å². The van der Waals surface area contributed by atoms with Crippen LogP contribution in [0.2, 0.25) is 0 Å². The van der Waals surface area contributed by atoms with Gasteiger partial charge in [-0.3, -0.25) is 4.98 Å². The van der Waals surface area contributed by atoms with E-state index in [1.807, 2.05) is 56.0 Å². The van der Waals surface area contributed by atoms with Crippen LogP contribution in [0.25, 0.3) is 0 Å². The summed E-state index contributed by atoms with van der Waals surface area (Å²) in [5.41, 5.74) is 5.16. The first-order valence-corrected chi connectivity index (χ1v) is 25.4. The summed E-state index contributed by atoms with van der Waals surface area (Å²) in [6, 6.07) is 12.3. The summed E-state index contributed by atoms with van der Waals surface area (Å²) in [5.74, 6) is 2.13. The third-order valence-electron chi connectivity index (χ3n) is 13.1. The zero-order valence-corrected chi connectivity index (χ0v) is 39.0. The van der Waals surface area contributed by atoms with Crippen LogP contribution < -0.4 is 9.47 Å². The Kier molecular flexibility index (Phi) is 22.1. The zero-order chi connectivity index (χ0) is 43.1. The van der Waals surface area contributed by atoms with Gasteiger partial charge in [0.2, 0.25) is 5.79 Å². The monoisotopic (exact) mass is 861 g/mol. The normalized spacial score (nSPS) is 23.5. The number of rotatable bonds is 32. The lowest BCUT2D eigenvalue weighted by Gasteiger charge is -2.58. The summed E-state index contributed by atoms with van der Waals surface area (Å²) >= 11 is 1.98. The Morgan fingerprint density at radius 3 is 2.21 bits per heavy atom. The van der Waals surface area contributed by atoms with Gasteiger partial charge in [0.25, 0.3) is 0 Å². The fourth-order valence-electron chi connectivity index (χ4n) is 10.1. The zero-order valence-electron chi connectivity index (χ0n) is 38.1. The van der Waals surface area contributed by atoms with Crippen molar-refractivity contribution in [2.45, 2.75) is 179 Å². The molecule has 1 fully saturated rings. The summed E-state index contributed by atoms with van der Waals surface area (Å²) in [4.78, 5) is 10.6. The molecule has 0 saturated heterocycles. The number of nitrogens with zero attached hydrogens (tertiary/aromatic N) is 2. The highest BCUT2D eigenvalue weighted by Crippen LogP contribution is 2.62. The number of aromatic nitrogens is 1. The number of allylic oxidation sites excluding steroid dienone is 1. The Labute approximate surface area is 373 Å². The molecule has 9 heteroatoms. The van der Waals surface area contributed by atoms with Crippen molar-refractivity contribution in [2.24, 2.45) is 22.9 Å². The van der Waals surface area contributed by atoms with E-state index in [2.05, 4.69) is 36.7 Å². The largest absolute Gasteiger partial charge is 0.487 e. The van der Waals surface area contributed by atoms with Crippen LogP contribution in [0.5, 0.6) is 11.5 Å². The molecule has 2 N–H and O–H groups in total. The summed E-state index contributed by atoms with van der Waals surface area (Å²) < 4.78 is 20.9. The first-order chi connectivity index (χ1) is 30.0. The number of thioether (sulfide) groups is 1. The Morgan fingerprint density at radius 1 is 0.869 bits per heavy atom. The van der Waals surface area contributed by atoms with E-state index in [1.54, 1.807) is 0 Å². The molecule has 0 spiro atoms. The molecular weight excluding hydrogens is 781 g/mol. The maximum atomic E-state index is 9.94. The van der Waals surface area contributed by atoms with Gasteiger partial charge in [-0.15, -0.1) is 6.58 Å². The van der Waals surface area contributed by atoms with E-state index in [1.165, 1.54) is 89.0 Å². The van der Waals surface area contributed by atoms with Crippen LogP contribution in [0, 0.1) is 24.7 Å². The first kappa shape index (κ1) is 49.2. The van der Waals surface area contributed by atoms with Crippen molar-refractivity contribution in [1.29, 1.82) is 0 Å². The lowest BCUT2D eigenvalue weighted by molar-refractivity contribution is -0.223. The van der Waals surface area contributed by atoms with E-state index >= 15 is 0 Å². The van der Waals surface area contributed by atoms with Gasteiger partial charge in [-0.2, -0.15) is 11.8 Å². The van der Waals surface area contributed by atoms with Crippen LogP contribution in [-0.4, -0.2) is 64.1 Å².